The van der Waals surface area contributed by atoms with E-state index in [-0.39, 0.29) is 16.7 Å². The molecule has 1 aromatic heterocycles. The van der Waals surface area contributed by atoms with Crippen molar-refractivity contribution in [1.29, 1.82) is 0 Å². The van der Waals surface area contributed by atoms with Gasteiger partial charge in [-0.25, -0.2) is 8.42 Å². The fourth-order valence-electron chi connectivity index (χ4n) is 2.68. The Balaban J connectivity index is 1.82. The number of nitrogens with one attached hydrogen (secondary N) is 1. The fraction of sp³-hybridized carbons (Fsp3) is 0.190. The number of ether oxygens (including phenoxy) is 1. The molecule has 0 atom stereocenters. The van der Waals surface area contributed by atoms with Crippen molar-refractivity contribution in [3.63, 3.8) is 0 Å². The maximum Gasteiger partial charge on any atom is 0.259 e. The van der Waals surface area contributed by atoms with Crippen LogP contribution in [-0.4, -0.2) is 36.9 Å². The molecule has 29 heavy (non-hydrogen) atoms. The van der Waals surface area contributed by atoms with E-state index in [1.807, 2.05) is 19.1 Å². The summed E-state index contributed by atoms with van der Waals surface area (Å²) < 4.78 is 29.3. The summed E-state index contributed by atoms with van der Waals surface area (Å²) in [5.41, 5.74) is 2.22. The molecule has 0 saturated carbocycles. The first kappa shape index (κ1) is 20.5. The molecule has 2 aromatic carbocycles. The summed E-state index contributed by atoms with van der Waals surface area (Å²) in [5.74, 6) is 0.190. The summed E-state index contributed by atoms with van der Waals surface area (Å²) in [6.45, 7) is 3.87. The van der Waals surface area contributed by atoms with E-state index in [0.717, 1.165) is 0 Å². The molecule has 0 aliphatic rings. The molecule has 8 heteroatoms. The van der Waals surface area contributed by atoms with E-state index in [4.69, 9.17) is 4.74 Å². The predicted octanol–water partition coefficient (Wildman–Crippen LogP) is 3.59. The highest BCUT2D eigenvalue weighted by molar-refractivity contribution is 7.91. The highest BCUT2D eigenvalue weighted by Gasteiger charge is 2.15. The van der Waals surface area contributed by atoms with Crippen molar-refractivity contribution >= 4 is 21.4 Å². The highest BCUT2D eigenvalue weighted by Crippen LogP contribution is 2.23. The van der Waals surface area contributed by atoms with Crippen molar-refractivity contribution < 1.29 is 17.9 Å². The van der Waals surface area contributed by atoms with Gasteiger partial charge >= 0.3 is 0 Å². The zero-order valence-electron chi connectivity index (χ0n) is 16.1. The van der Waals surface area contributed by atoms with Crippen LogP contribution in [0.4, 0.5) is 5.69 Å². The molecule has 3 aromatic rings. The van der Waals surface area contributed by atoms with Crippen LogP contribution in [0.1, 0.15) is 24.2 Å². The average molecular weight is 411 g/mol. The number of para-hydroxylation sites is 1. The van der Waals surface area contributed by atoms with Gasteiger partial charge in [0.2, 0.25) is 0 Å². The molecule has 0 radical (unpaired) electrons. The van der Waals surface area contributed by atoms with Gasteiger partial charge in [-0.05, 0) is 43.3 Å². The van der Waals surface area contributed by atoms with Crippen molar-refractivity contribution in [1.82, 2.24) is 10.2 Å². The molecule has 0 aliphatic heterocycles. The van der Waals surface area contributed by atoms with Gasteiger partial charge in [-0.2, -0.15) is 0 Å². The minimum Gasteiger partial charge on any atom is -0.493 e. The van der Waals surface area contributed by atoms with Gasteiger partial charge in [0, 0.05) is 11.3 Å². The van der Waals surface area contributed by atoms with Crippen molar-refractivity contribution in [2.75, 3.05) is 17.7 Å². The zero-order valence-corrected chi connectivity index (χ0v) is 16.9. The molecule has 1 amide bonds. The number of sulfone groups is 1. The Hall–Kier alpha value is -3.26. The van der Waals surface area contributed by atoms with Crippen LogP contribution < -0.4 is 10.1 Å². The van der Waals surface area contributed by atoms with E-state index in [1.165, 1.54) is 6.07 Å². The van der Waals surface area contributed by atoms with Gasteiger partial charge in [0.25, 0.3) is 5.91 Å². The van der Waals surface area contributed by atoms with E-state index in [2.05, 4.69) is 15.5 Å². The second-order valence-corrected chi connectivity index (χ2v) is 8.35. The minimum atomic E-state index is -3.40. The number of aromatic nitrogens is 2. The third-order valence-electron chi connectivity index (χ3n) is 4.19. The molecule has 0 unspecified atom stereocenters. The molecule has 3 rings (SSSR count). The van der Waals surface area contributed by atoms with Crippen LogP contribution in [0.3, 0.4) is 0 Å². The second kappa shape index (κ2) is 8.83. The Morgan fingerprint density at radius 3 is 2.48 bits per heavy atom. The van der Waals surface area contributed by atoms with Crippen LogP contribution in [0.2, 0.25) is 0 Å². The first-order valence-electron chi connectivity index (χ1n) is 9.14. The highest BCUT2D eigenvalue weighted by atomic mass is 32.2. The number of rotatable bonds is 7. The van der Waals surface area contributed by atoms with E-state index in [0.29, 0.717) is 34.9 Å². The molecule has 1 heterocycles. The molecule has 150 valence electrons. The van der Waals surface area contributed by atoms with E-state index >= 15 is 0 Å². The molecule has 0 fully saturated rings. The first-order valence-corrected chi connectivity index (χ1v) is 10.8. The van der Waals surface area contributed by atoms with Crippen molar-refractivity contribution in [3.05, 3.63) is 66.2 Å². The van der Waals surface area contributed by atoms with Gasteiger partial charge in [0.05, 0.1) is 23.6 Å². The first-order chi connectivity index (χ1) is 13.9. The van der Waals surface area contributed by atoms with Gasteiger partial charge in [0.1, 0.15) is 5.75 Å². The molecule has 0 bridgehead atoms. The van der Waals surface area contributed by atoms with Crippen LogP contribution >= 0.6 is 0 Å². The van der Waals surface area contributed by atoms with Crippen molar-refractivity contribution in [2.45, 2.75) is 18.9 Å². The molecule has 0 spiro atoms. The summed E-state index contributed by atoms with van der Waals surface area (Å²) in [5, 5.41) is 10.6. The van der Waals surface area contributed by atoms with Crippen LogP contribution in [0.25, 0.3) is 11.3 Å². The summed E-state index contributed by atoms with van der Waals surface area (Å²) >= 11 is 0. The van der Waals surface area contributed by atoms with Crippen LogP contribution in [0.15, 0.2) is 65.7 Å². The van der Waals surface area contributed by atoms with Crippen molar-refractivity contribution in [2.24, 2.45) is 0 Å². The van der Waals surface area contributed by atoms with E-state index in [1.54, 1.807) is 49.4 Å². The molecule has 0 aliphatic carbocycles. The lowest BCUT2D eigenvalue weighted by atomic mass is 10.1. The van der Waals surface area contributed by atoms with Gasteiger partial charge in [-0.15, -0.1) is 10.2 Å². The SMILES string of the molecule is CCOc1ccccc1C(=O)Nc1cccc(-c2ccc(S(=O)(=O)CC)nn2)c1. The van der Waals surface area contributed by atoms with Crippen LogP contribution in [0, 0.1) is 0 Å². The predicted molar refractivity (Wildman–Crippen MR) is 111 cm³/mol. The van der Waals surface area contributed by atoms with Gasteiger partial charge in [0.15, 0.2) is 14.9 Å². The number of hydrogen-bond donors (Lipinski definition) is 1. The number of amides is 1. The summed E-state index contributed by atoms with van der Waals surface area (Å²) in [4.78, 5) is 12.7. The Morgan fingerprint density at radius 1 is 1.00 bits per heavy atom. The Morgan fingerprint density at radius 2 is 1.79 bits per heavy atom. The number of carbonyl (C=O) groups excluding carboxylic acids is 1. The fourth-order valence-corrected chi connectivity index (χ4v) is 3.41. The Labute approximate surface area is 169 Å². The monoisotopic (exact) mass is 411 g/mol. The Bertz CT molecular complexity index is 1110. The summed E-state index contributed by atoms with van der Waals surface area (Å²) in [7, 11) is -3.40. The molecule has 1 N–H and O–H groups in total. The number of hydrogen-bond acceptors (Lipinski definition) is 6. The third kappa shape index (κ3) is 4.78. The summed E-state index contributed by atoms with van der Waals surface area (Å²) in [6.07, 6.45) is 0. The van der Waals surface area contributed by atoms with E-state index < -0.39 is 9.84 Å². The molecule has 7 nitrogen and oxygen atoms in total. The third-order valence-corrected chi connectivity index (χ3v) is 5.80. The number of anilines is 1. The lowest BCUT2D eigenvalue weighted by molar-refractivity contribution is 0.102. The number of carbonyl (C=O) groups is 1. The average Bonchev–Trinajstić information content (AvgIpc) is 2.74. The Kier molecular flexibility index (Phi) is 6.23. The van der Waals surface area contributed by atoms with Gasteiger partial charge in [-0.3, -0.25) is 4.79 Å². The lowest BCUT2D eigenvalue weighted by Crippen LogP contribution is -2.13. The minimum absolute atomic E-state index is 0.0359. The standard InChI is InChI=1S/C21H21N3O4S/c1-3-28-19-11-6-5-10-17(19)21(25)22-16-9-7-8-15(14-16)18-12-13-20(24-23-18)29(26,27)4-2/h5-14H,3-4H2,1-2H3,(H,22,25). The molecule has 0 saturated heterocycles. The van der Waals surface area contributed by atoms with Crippen LogP contribution in [0.5, 0.6) is 5.75 Å². The number of nitrogens with zero attached hydrogens (tertiary/aromatic N) is 2. The van der Waals surface area contributed by atoms with Gasteiger partial charge < -0.3 is 10.1 Å². The quantitative estimate of drug-likeness (QED) is 0.638. The van der Waals surface area contributed by atoms with Gasteiger partial charge in [-0.1, -0.05) is 31.2 Å². The second-order valence-electron chi connectivity index (χ2n) is 6.12. The normalized spacial score (nSPS) is 11.1. The maximum absolute atomic E-state index is 12.7. The molecular weight excluding hydrogens is 390 g/mol. The molecular formula is C21H21N3O4S. The van der Waals surface area contributed by atoms with Crippen LogP contribution in [-0.2, 0) is 9.84 Å². The smallest absolute Gasteiger partial charge is 0.259 e. The topological polar surface area (TPSA) is 98.2 Å². The lowest BCUT2D eigenvalue weighted by Gasteiger charge is -2.11. The largest absolute Gasteiger partial charge is 0.493 e. The zero-order chi connectivity index (χ0) is 20.9. The van der Waals surface area contributed by atoms with E-state index in [9.17, 15) is 13.2 Å². The maximum atomic E-state index is 12.7. The van der Waals surface area contributed by atoms with Crippen molar-refractivity contribution in [3.8, 4) is 17.0 Å². The summed E-state index contributed by atoms with van der Waals surface area (Å²) in [6, 6.07) is 17.1. The number of benzene rings is 2.